The number of hydrogen-bond donors (Lipinski definition) is 1. The monoisotopic (exact) mass is 420 g/mol. The van der Waals surface area contributed by atoms with E-state index in [4.69, 9.17) is 9.47 Å². The number of hydrogen-bond acceptors (Lipinski definition) is 5. The highest BCUT2D eigenvalue weighted by Gasteiger charge is 2.34. The lowest BCUT2D eigenvalue weighted by molar-refractivity contribution is -0.148. The van der Waals surface area contributed by atoms with Gasteiger partial charge >= 0.3 is 17.9 Å². The second-order valence-electron chi connectivity index (χ2n) is 8.54. The van der Waals surface area contributed by atoms with E-state index >= 15 is 0 Å². The van der Waals surface area contributed by atoms with Crippen molar-refractivity contribution in [2.24, 2.45) is 16.7 Å². The Hall–Kier alpha value is -2.37. The molecule has 0 heterocycles. The Balaban J connectivity index is 3.31. The molecule has 0 aliphatic heterocycles. The van der Waals surface area contributed by atoms with Crippen LogP contribution in [0.2, 0.25) is 0 Å². The van der Waals surface area contributed by atoms with Gasteiger partial charge in [0.05, 0.1) is 16.7 Å². The molecule has 1 N–H and O–H groups in total. The maximum Gasteiger partial charge on any atom is 0.317 e. The van der Waals surface area contributed by atoms with Crippen LogP contribution in [0.4, 0.5) is 0 Å². The summed E-state index contributed by atoms with van der Waals surface area (Å²) in [7, 11) is 0. The molecule has 0 aliphatic rings. The number of carboxylic acid groups (broad SMARTS) is 1. The summed E-state index contributed by atoms with van der Waals surface area (Å²) in [5.74, 6) is -1.97. The van der Waals surface area contributed by atoms with E-state index in [9.17, 15) is 19.5 Å². The van der Waals surface area contributed by atoms with Crippen molar-refractivity contribution in [2.45, 2.75) is 80.6 Å². The van der Waals surface area contributed by atoms with Gasteiger partial charge in [-0.2, -0.15) is 0 Å². The summed E-state index contributed by atoms with van der Waals surface area (Å²) in [4.78, 5) is 36.8. The minimum absolute atomic E-state index is 0.145. The minimum atomic E-state index is -0.907. The summed E-state index contributed by atoms with van der Waals surface area (Å²) in [5.41, 5.74) is -0.609. The molecular weight excluding hydrogens is 384 g/mol. The molecule has 30 heavy (non-hydrogen) atoms. The Morgan fingerprint density at radius 2 is 1.30 bits per heavy atom. The van der Waals surface area contributed by atoms with Crippen molar-refractivity contribution < 1.29 is 29.0 Å². The number of aliphatic carboxylic acids is 1. The average Bonchev–Trinajstić information content (AvgIpc) is 2.73. The standard InChI is InChI=1S/C24H36O6/c1-8-23(6,9-2)21(27)29-18-13-12-17(14-16(5)20(25)26)15-19(18)30-22(28)24(7,10-3)11-4/h12-13,15-16H,8-11,14H2,1-7H3,(H,25,26)/t16-/m0/s1. The summed E-state index contributed by atoms with van der Waals surface area (Å²) < 4.78 is 11.3. The zero-order valence-corrected chi connectivity index (χ0v) is 19.3. The topological polar surface area (TPSA) is 89.9 Å². The third-order valence-electron chi connectivity index (χ3n) is 6.48. The highest BCUT2D eigenvalue weighted by Crippen LogP contribution is 2.36. The van der Waals surface area contributed by atoms with Gasteiger partial charge in [-0.1, -0.05) is 40.7 Å². The molecule has 6 heteroatoms. The van der Waals surface area contributed by atoms with Gasteiger partial charge in [0.1, 0.15) is 0 Å². The number of benzene rings is 1. The lowest BCUT2D eigenvalue weighted by atomic mass is 9.85. The van der Waals surface area contributed by atoms with Crippen molar-refractivity contribution in [3.63, 3.8) is 0 Å². The van der Waals surface area contributed by atoms with E-state index in [-0.39, 0.29) is 23.9 Å². The van der Waals surface area contributed by atoms with Crippen LogP contribution in [0.5, 0.6) is 11.5 Å². The van der Waals surface area contributed by atoms with Crippen molar-refractivity contribution in [2.75, 3.05) is 0 Å². The Bertz CT molecular complexity index is 759. The van der Waals surface area contributed by atoms with E-state index in [1.807, 2.05) is 41.5 Å². The first-order chi connectivity index (χ1) is 14.0. The van der Waals surface area contributed by atoms with Crippen molar-refractivity contribution in [1.82, 2.24) is 0 Å². The molecule has 1 aromatic carbocycles. The molecule has 0 saturated heterocycles. The second-order valence-corrected chi connectivity index (χ2v) is 8.54. The van der Waals surface area contributed by atoms with Gasteiger partial charge < -0.3 is 14.6 Å². The van der Waals surface area contributed by atoms with E-state index in [1.165, 1.54) is 0 Å². The Morgan fingerprint density at radius 1 is 0.867 bits per heavy atom. The molecule has 0 spiro atoms. The molecule has 0 saturated carbocycles. The Morgan fingerprint density at radius 3 is 1.70 bits per heavy atom. The summed E-state index contributed by atoms with van der Waals surface area (Å²) >= 11 is 0. The van der Waals surface area contributed by atoms with Gasteiger partial charge in [-0.3, -0.25) is 14.4 Å². The smallest absolute Gasteiger partial charge is 0.317 e. The van der Waals surface area contributed by atoms with Crippen LogP contribution >= 0.6 is 0 Å². The first kappa shape index (κ1) is 25.7. The van der Waals surface area contributed by atoms with Crippen LogP contribution in [0.1, 0.15) is 79.7 Å². The molecule has 0 aliphatic carbocycles. The third-order valence-corrected chi connectivity index (χ3v) is 6.48. The Kier molecular flexibility index (Phi) is 9.07. The van der Waals surface area contributed by atoms with Crippen molar-refractivity contribution in [3.8, 4) is 11.5 Å². The van der Waals surface area contributed by atoms with Gasteiger partial charge in [0.15, 0.2) is 11.5 Å². The van der Waals surface area contributed by atoms with Crippen LogP contribution in [0.25, 0.3) is 0 Å². The van der Waals surface area contributed by atoms with Gasteiger partial charge in [-0.15, -0.1) is 0 Å². The van der Waals surface area contributed by atoms with E-state index in [0.29, 0.717) is 31.2 Å². The number of ether oxygens (including phenoxy) is 2. The molecule has 1 aromatic rings. The maximum atomic E-state index is 12.8. The quantitative estimate of drug-likeness (QED) is 0.380. The SMILES string of the molecule is CCC(C)(CC)C(=O)Oc1ccc(C[C@H](C)C(=O)O)cc1OC(=O)C(C)(CC)CC. The fraction of sp³-hybridized carbons (Fsp3) is 0.625. The van der Waals surface area contributed by atoms with E-state index in [0.717, 1.165) is 0 Å². The minimum Gasteiger partial charge on any atom is -0.481 e. The first-order valence-corrected chi connectivity index (χ1v) is 10.8. The summed E-state index contributed by atoms with van der Waals surface area (Å²) in [6.45, 7) is 13.0. The highest BCUT2D eigenvalue weighted by molar-refractivity contribution is 5.82. The summed E-state index contributed by atoms with van der Waals surface area (Å²) in [6.07, 6.45) is 2.73. The number of rotatable bonds is 11. The molecule has 0 amide bonds. The number of carboxylic acids is 1. The van der Waals surface area contributed by atoms with Gasteiger partial charge in [0.2, 0.25) is 0 Å². The Labute approximate surface area is 180 Å². The zero-order valence-electron chi connectivity index (χ0n) is 19.3. The van der Waals surface area contributed by atoms with E-state index in [2.05, 4.69) is 0 Å². The van der Waals surface area contributed by atoms with Crippen LogP contribution in [-0.4, -0.2) is 23.0 Å². The molecule has 0 fully saturated rings. The maximum absolute atomic E-state index is 12.8. The van der Waals surface area contributed by atoms with Crippen molar-refractivity contribution in [3.05, 3.63) is 23.8 Å². The first-order valence-electron chi connectivity index (χ1n) is 10.8. The fourth-order valence-electron chi connectivity index (χ4n) is 2.81. The number of carbonyl (C=O) groups excluding carboxylic acids is 2. The largest absolute Gasteiger partial charge is 0.481 e. The predicted molar refractivity (Wildman–Crippen MR) is 116 cm³/mol. The van der Waals surface area contributed by atoms with Gasteiger partial charge in [-0.25, -0.2) is 0 Å². The van der Waals surface area contributed by atoms with Crippen LogP contribution in [-0.2, 0) is 20.8 Å². The molecule has 1 rings (SSSR count). The molecule has 0 aromatic heterocycles. The number of carbonyl (C=O) groups is 3. The summed E-state index contributed by atoms with van der Waals surface area (Å²) in [5, 5.41) is 9.19. The third kappa shape index (κ3) is 6.07. The van der Waals surface area contributed by atoms with Gasteiger partial charge in [0, 0.05) is 0 Å². The van der Waals surface area contributed by atoms with Crippen LogP contribution in [0.15, 0.2) is 18.2 Å². The molecule has 1 atom stereocenters. The molecule has 0 bridgehead atoms. The van der Waals surface area contributed by atoms with Crippen LogP contribution in [0.3, 0.4) is 0 Å². The van der Waals surface area contributed by atoms with Crippen LogP contribution < -0.4 is 9.47 Å². The van der Waals surface area contributed by atoms with Gasteiger partial charge in [-0.05, 0) is 63.6 Å². The van der Waals surface area contributed by atoms with Crippen molar-refractivity contribution in [1.29, 1.82) is 0 Å². The molecule has 168 valence electrons. The predicted octanol–water partition coefficient (Wildman–Crippen LogP) is 5.41. The lowest BCUT2D eigenvalue weighted by Crippen LogP contribution is -2.32. The van der Waals surface area contributed by atoms with Crippen LogP contribution in [0, 0.1) is 16.7 Å². The lowest BCUT2D eigenvalue weighted by Gasteiger charge is -2.26. The second kappa shape index (κ2) is 10.6. The van der Waals surface area contributed by atoms with E-state index < -0.39 is 28.7 Å². The van der Waals surface area contributed by atoms with Gasteiger partial charge in [0.25, 0.3) is 0 Å². The molecular formula is C24H36O6. The molecule has 6 nitrogen and oxygen atoms in total. The van der Waals surface area contributed by atoms with E-state index in [1.54, 1.807) is 25.1 Å². The molecule has 0 unspecified atom stereocenters. The molecule has 0 radical (unpaired) electrons. The fourth-order valence-corrected chi connectivity index (χ4v) is 2.81. The summed E-state index contributed by atoms with van der Waals surface area (Å²) in [6, 6.07) is 4.87. The zero-order chi connectivity index (χ0) is 23.1. The highest BCUT2D eigenvalue weighted by atomic mass is 16.6. The number of esters is 2. The van der Waals surface area contributed by atoms with Crippen molar-refractivity contribution >= 4 is 17.9 Å². The normalized spacial score (nSPS) is 12.9. The average molecular weight is 421 g/mol.